The van der Waals surface area contributed by atoms with Crippen molar-refractivity contribution in [2.75, 3.05) is 26.7 Å². The standard InChI is InChI=1S/C14H23ClN2O/c1-4-9-17(5-2)12(10-16)14-11(15)7-6-8-13(14)18-3/h6-8,12H,4-5,9-10,16H2,1-3H3. The van der Waals surface area contributed by atoms with E-state index in [1.54, 1.807) is 7.11 Å². The predicted molar refractivity (Wildman–Crippen MR) is 77.3 cm³/mol. The summed E-state index contributed by atoms with van der Waals surface area (Å²) in [6.45, 7) is 6.80. The molecule has 0 radical (unpaired) electrons. The molecule has 1 aromatic rings. The second-order valence-electron chi connectivity index (χ2n) is 4.24. The third-order valence-corrected chi connectivity index (χ3v) is 3.48. The minimum atomic E-state index is 0.110. The van der Waals surface area contributed by atoms with E-state index >= 15 is 0 Å². The van der Waals surface area contributed by atoms with Crippen LogP contribution in [0.15, 0.2) is 18.2 Å². The zero-order chi connectivity index (χ0) is 13.5. The second-order valence-corrected chi connectivity index (χ2v) is 4.64. The number of likely N-dealkylation sites (N-methyl/N-ethyl adjacent to an activating group) is 1. The molecule has 0 aliphatic heterocycles. The molecule has 3 nitrogen and oxygen atoms in total. The molecule has 0 aliphatic rings. The van der Waals surface area contributed by atoms with Gasteiger partial charge in [-0.2, -0.15) is 0 Å². The number of methoxy groups -OCH3 is 1. The lowest BCUT2D eigenvalue weighted by Gasteiger charge is -2.31. The predicted octanol–water partition coefficient (Wildman–Crippen LogP) is 3.08. The average Bonchev–Trinajstić information content (AvgIpc) is 2.39. The van der Waals surface area contributed by atoms with Crippen LogP contribution >= 0.6 is 11.6 Å². The van der Waals surface area contributed by atoms with Crippen LogP contribution in [0.4, 0.5) is 0 Å². The first kappa shape index (κ1) is 15.3. The lowest BCUT2D eigenvalue weighted by molar-refractivity contribution is 0.208. The Morgan fingerprint density at radius 3 is 2.61 bits per heavy atom. The quantitative estimate of drug-likeness (QED) is 0.828. The molecule has 1 atom stereocenters. The van der Waals surface area contributed by atoms with E-state index in [4.69, 9.17) is 22.1 Å². The van der Waals surface area contributed by atoms with Crippen molar-refractivity contribution in [2.24, 2.45) is 5.73 Å². The van der Waals surface area contributed by atoms with Gasteiger partial charge < -0.3 is 10.5 Å². The van der Waals surface area contributed by atoms with E-state index in [-0.39, 0.29) is 6.04 Å². The molecular weight excluding hydrogens is 248 g/mol. The van der Waals surface area contributed by atoms with E-state index < -0.39 is 0 Å². The molecule has 0 bridgehead atoms. The first-order chi connectivity index (χ1) is 8.69. The van der Waals surface area contributed by atoms with Gasteiger partial charge in [0.15, 0.2) is 0 Å². The molecule has 102 valence electrons. The highest BCUT2D eigenvalue weighted by atomic mass is 35.5. The Balaban J connectivity index is 3.14. The topological polar surface area (TPSA) is 38.5 Å². The van der Waals surface area contributed by atoms with Crippen LogP contribution in [0.1, 0.15) is 31.9 Å². The highest BCUT2D eigenvalue weighted by molar-refractivity contribution is 6.31. The van der Waals surface area contributed by atoms with Gasteiger partial charge in [0, 0.05) is 17.1 Å². The fraction of sp³-hybridized carbons (Fsp3) is 0.571. The van der Waals surface area contributed by atoms with Gasteiger partial charge in [-0.1, -0.05) is 31.5 Å². The third kappa shape index (κ3) is 3.37. The van der Waals surface area contributed by atoms with Crippen molar-refractivity contribution in [1.29, 1.82) is 0 Å². The van der Waals surface area contributed by atoms with Gasteiger partial charge in [0.2, 0.25) is 0 Å². The Hall–Kier alpha value is -0.770. The molecule has 18 heavy (non-hydrogen) atoms. The molecule has 0 aliphatic carbocycles. The summed E-state index contributed by atoms with van der Waals surface area (Å²) in [6, 6.07) is 5.83. The van der Waals surface area contributed by atoms with Crippen LogP contribution in [0.5, 0.6) is 5.75 Å². The highest BCUT2D eigenvalue weighted by Crippen LogP contribution is 2.34. The summed E-state index contributed by atoms with van der Waals surface area (Å²) in [5, 5.41) is 0.722. The molecule has 0 amide bonds. The molecule has 0 fully saturated rings. The van der Waals surface area contributed by atoms with Gasteiger partial charge in [-0.05, 0) is 31.6 Å². The first-order valence-electron chi connectivity index (χ1n) is 6.46. The maximum Gasteiger partial charge on any atom is 0.125 e. The van der Waals surface area contributed by atoms with Crippen LogP contribution in [0, 0.1) is 0 Å². The second kappa shape index (κ2) is 7.62. The summed E-state index contributed by atoms with van der Waals surface area (Å²) in [4.78, 5) is 2.34. The number of hydrogen-bond donors (Lipinski definition) is 1. The van der Waals surface area contributed by atoms with Crippen molar-refractivity contribution < 1.29 is 4.74 Å². The normalized spacial score (nSPS) is 12.8. The molecule has 1 unspecified atom stereocenters. The molecule has 1 rings (SSSR count). The molecule has 0 saturated carbocycles. The highest BCUT2D eigenvalue weighted by Gasteiger charge is 2.23. The molecular formula is C14H23ClN2O. The summed E-state index contributed by atoms with van der Waals surface area (Å²) in [6.07, 6.45) is 1.09. The van der Waals surface area contributed by atoms with Crippen molar-refractivity contribution in [3.8, 4) is 5.75 Å². The van der Waals surface area contributed by atoms with Gasteiger partial charge in [-0.15, -0.1) is 0 Å². The van der Waals surface area contributed by atoms with Gasteiger partial charge in [0.25, 0.3) is 0 Å². The minimum Gasteiger partial charge on any atom is -0.496 e. The maximum absolute atomic E-state index is 6.32. The number of ether oxygens (including phenoxy) is 1. The average molecular weight is 271 g/mol. The Morgan fingerprint density at radius 1 is 1.39 bits per heavy atom. The van der Waals surface area contributed by atoms with Gasteiger partial charge in [-0.3, -0.25) is 4.90 Å². The molecule has 1 aromatic carbocycles. The number of benzene rings is 1. The molecule has 0 saturated heterocycles. The fourth-order valence-electron chi connectivity index (χ4n) is 2.29. The smallest absolute Gasteiger partial charge is 0.125 e. The number of nitrogens with two attached hydrogens (primary N) is 1. The summed E-state index contributed by atoms with van der Waals surface area (Å²) >= 11 is 6.32. The van der Waals surface area contributed by atoms with Crippen LogP contribution in [0.25, 0.3) is 0 Å². The molecule has 0 aromatic heterocycles. The van der Waals surface area contributed by atoms with Crippen molar-refractivity contribution in [1.82, 2.24) is 4.90 Å². The van der Waals surface area contributed by atoms with Crippen LogP contribution in [0.2, 0.25) is 5.02 Å². The van der Waals surface area contributed by atoms with Crippen LogP contribution < -0.4 is 10.5 Å². The van der Waals surface area contributed by atoms with E-state index in [1.807, 2.05) is 18.2 Å². The van der Waals surface area contributed by atoms with Gasteiger partial charge in [0.1, 0.15) is 5.75 Å². The van der Waals surface area contributed by atoms with Crippen LogP contribution in [-0.2, 0) is 0 Å². The Morgan fingerprint density at radius 2 is 2.11 bits per heavy atom. The van der Waals surface area contributed by atoms with E-state index in [0.29, 0.717) is 6.54 Å². The SMILES string of the molecule is CCCN(CC)C(CN)c1c(Cl)cccc1OC. The van der Waals surface area contributed by atoms with Gasteiger partial charge >= 0.3 is 0 Å². The summed E-state index contributed by atoms with van der Waals surface area (Å²) < 4.78 is 5.42. The van der Waals surface area contributed by atoms with Gasteiger partial charge in [0.05, 0.1) is 13.2 Å². The minimum absolute atomic E-state index is 0.110. The van der Waals surface area contributed by atoms with E-state index in [1.165, 1.54) is 0 Å². The Kier molecular flexibility index (Phi) is 6.47. The Labute approximate surface area is 115 Å². The summed E-state index contributed by atoms with van der Waals surface area (Å²) in [7, 11) is 1.67. The molecule has 4 heteroatoms. The van der Waals surface area contributed by atoms with Crippen LogP contribution in [0.3, 0.4) is 0 Å². The fourth-order valence-corrected chi connectivity index (χ4v) is 2.58. The lowest BCUT2D eigenvalue weighted by Crippen LogP contribution is -2.34. The molecule has 2 N–H and O–H groups in total. The molecule has 0 heterocycles. The monoisotopic (exact) mass is 270 g/mol. The van der Waals surface area contributed by atoms with Crippen molar-refractivity contribution >= 4 is 11.6 Å². The Bertz CT molecular complexity index is 371. The summed E-state index contributed by atoms with van der Waals surface area (Å²) in [5.41, 5.74) is 6.95. The zero-order valence-electron chi connectivity index (χ0n) is 11.4. The van der Waals surface area contributed by atoms with E-state index in [2.05, 4.69) is 18.7 Å². The lowest BCUT2D eigenvalue weighted by atomic mass is 10.0. The van der Waals surface area contributed by atoms with E-state index in [0.717, 1.165) is 35.8 Å². The van der Waals surface area contributed by atoms with E-state index in [9.17, 15) is 0 Å². The van der Waals surface area contributed by atoms with Gasteiger partial charge in [-0.25, -0.2) is 0 Å². The number of nitrogens with zero attached hydrogens (tertiary/aromatic N) is 1. The van der Waals surface area contributed by atoms with Crippen molar-refractivity contribution in [3.05, 3.63) is 28.8 Å². The number of rotatable bonds is 7. The largest absolute Gasteiger partial charge is 0.496 e. The van der Waals surface area contributed by atoms with Crippen LogP contribution in [-0.4, -0.2) is 31.6 Å². The zero-order valence-corrected chi connectivity index (χ0v) is 12.2. The maximum atomic E-state index is 6.32. The summed E-state index contributed by atoms with van der Waals surface area (Å²) in [5.74, 6) is 0.813. The first-order valence-corrected chi connectivity index (χ1v) is 6.83. The molecule has 0 spiro atoms. The number of halogens is 1. The third-order valence-electron chi connectivity index (χ3n) is 3.15. The number of hydrogen-bond acceptors (Lipinski definition) is 3. The van der Waals surface area contributed by atoms with Crippen molar-refractivity contribution in [2.45, 2.75) is 26.3 Å². The van der Waals surface area contributed by atoms with Crippen molar-refractivity contribution in [3.63, 3.8) is 0 Å².